The number of halogens is 1. The molecule has 2 N–H and O–H groups in total. The Morgan fingerprint density at radius 2 is 2.17 bits per heavy atom. The van der Waals surface area contributed by atoms with Gasteiger partial charge in [0.2, 0.25) is 0 Å². The summed E-state index contributed by atoms with van der Waals surface area (Å²) < 4.78 is 0. The van der Waals surface area contributed by atoms with E-state index in [1.807, 2.05) is 7.05 Å². The lowest BCUT2D eigenvalue weighted by molar-refractivity contribution is 0.341. The molecule has 2 atom stereocenters. The summed E-state index contributed by atoms with van der Waals surface area (Å²) in [6, 6.07) is 0.483. The van der Waals surface area contributed by atoms with Crippen LogP contribution < -0.4 is 10.6 Å². The molecule has 0 aromatic heterocycles. The summed E-state index contributed by atoms with van der Waals surface area (Å²) in [5, 5.41) is 6.82. The number of likely N-dealkylation sites (tertiary alicyclic amines) is 1. The lowest BCUT2D eigenvalue weighted by Crippen LogP contribution is -2.43. The van der Waals surface area contributed by atoms with Gasteiger partial charge in [0, 0.05) is 26.2 Å². The van der Waals surface area contributed by atoms with E-state index in [2.05, 4.69) is 41.3 Å². The topological polar surface area (TPSA) is 39.7 Å². The monoisotopic (exact) mass is 368 g/mol. The van der Waals surface area contributed by atoms with Crippen molar-refractivity contribution in [2.75, 3.05) is 33.2 Å². The average Bonchev–Trinajstić information content (AvgIpc) is 2.82. The van der Waals surface area contributed by atoms with E-state index in [1.54, 1.807) is 0 Å². The van der Waals surface area contributed by atoms with Gasteiger partial charge in [-0.25, -0.2) is 0 Å². The lowest BCUT2D eigenvalue weighted by Gasteiger charge is -2.19. The first kappa shape index (κ1) is 18.0. The van der Waals surface area contributed by atoms with Gasteiger partial charge in [-0.15, -0.1) is 24.0 Å². The number of hydrogen-bond donors (Lipinski definition) is 2. The molecule has 1 aliphatic heterocycles. The fourth-order valence-corrected chi connectivity index (χ4v) is 2.14. The van der Waals surface area contributed by atoms with Crippen molar-refractivity contribution < 1.29 is 0 Å². The summed E-state index contributed by atoms with van der Waals surface area (Å²) in [6.07, 6.45) is 2.43. The molecule has 4 nitrogen and oxygen atoms in total. The predicted octanol–water partition coefficient (Wildman–Crippen LogP) is 1.91. The van der Waals surface area contributed by atoms with E-state index in [9.17, 15) is 0 Å². The molecule has 0 aromatic rings. The quantitative estimate of drug-likeness (QED) is 0.443. The van der Waals surface area contributed by atoms with Gasteiger partial charge in [0.15, 0.2) is 5.96 Å². The third-order valence-electron chi connectivity index (χ3n) is 3.59. The predicted molar refractivity (Wildman–Crippen MR) is 89.9 cm³/mol. The molecule has 0 radical (unpaired) electrons. The summed E-state index contributed by atoms with van der Waals surface area (Å²) in [6.45, 7) is 11.3. The van der Waals surface area contributed by atoms with E-state index in [0.717, 1.165) is 24.8 Å². The van der Waals surface area contributed by atoms with E-state index < -0.39 is 0 Å². The Bertz CT molecular complexity index is 245. The molecule has 1 fully saturated rings. The normalized spacial score (nSPS) is 22.4. The second kappa shape index (κ2) is 9.83. The van der Waals surface area contributed by atoms with Gasteiger partial charge in [0.05, 0.1) is 0 Å². The molecule has 1 aliphatic rings. The van der Waals surface area contributed by atoms with Crippen molar-refractivity contribution >= 4 is 29.9 Å². The van der Waals surface area contributed by atoms with Crippen molar-refractivity contribution in [3.63, 3.8) is 0 Å². The fraction of sp³-hybridized carbons (Fsp3) is 0.923. The minimum Gasteiger partial charge on any atom is -0.356 e. The summed E-state index contributed by atoms with van der Waals surface area (Å²) in [5.74, 6) is 1.71. The molecule has 1 rings (SSSR count). The largest absolute Gasteiger partial charge is 0.356 e. The number of guanidine groups is 1. The van der Waals surface area contributed by atoms with Crippen LogP contribution in [0.15, 0.2) is 4.99 Å². The summed E-state index contributed by atoms with van der Waals surface area (Å²) in [7, 11) is 1.84. The Labute approximate surface area is 129 Å². The molecule has 0 spiro atoms. The van der Waals surface area contributed by atoms with Gasteiger partial charge in [-0.2, -0.15) is 0 Å². The van der Waals surface area contributed by atoms with Gasteiger partial charge >= 0.3 is 0 Å². The third-order valence-corrected chi connectivity index (χ3v) is 3.59. The molecular formula is C13H29IN4. The molecular weight excluding hydrogens is 339 g/mol. The van der Waals surface area contributed by atoms with Gasteiger partial charge in [-0.05, 0) is 38.8 Å². The van der Waals surface area contributed by atoms with E-state index >= 15 is 0 Å². The Morgan fingerprint density at radius 3 is 2.67 bits per heavy atom. The maximum absolute atomic E-state index is 4.26. The number of nitrogens with zero attached hydrogens (tertiary/aromatic N) is 2. The van der Waals surface area contributed by atoms with Gasteiger partial charge in [0.1, 0.15) is 0 Å². The van der Waals surface area contributed by atoms with E-state index in [-0.39, 0.29) is 24.0 Å². The first-order valence-electron chi connectivity index (χ1n) is 6.89. The summed E-state index contributed by atoms with van der Waals surface area (Å²) in [5.41, 5.74) is 0. The van der Waals surface area contributed by atoms with Crippen molar-refractivity contribution in [2.24, 2.45) is 10.9 Å². The van der Waals surface area contributed by atoms with Crippen LogP contribution in [0.4, 0.5) is 0 Å². The number of hydrogen-bond acceptors (Lipinski definition) is 2. The van der Waals surface area contributed by atoms with Gasteiger partial charge in [-0.1, -0.05) is 13.8 Å². The smallest absolute Gasteiger partial charge is 0.191 e. The lowest BCUT2D eigenvalue weighted by atomic mass is 10.1. The van der Waals surface area contributed by atoms with Gasteiger partial charge in [-0.3, -0.25) is 4.99 Å². The van der Waals surface area contributed by atoms with Crippen molar-refractivity contribution in [3.05, 3.63) is 0 Å². The second-order valence-corrected chi connectivity index (χ2v) is 4.95. The summed E-state index contributed by atoms with van der Waals surface area (Å²) in [4.78, 5) is 6.77. The molecule has 2 unspecified atom stereocenters. The first-order valence-corrected chi connectivity index (χ1v) is 6.89. The second-order valence-electron chi connectivity index (χ2n) is 4.95. The zero-order valence-corrected chi connectivity index (χ0v) is 14.5. The maximum atomic E-state index is 4.26. The highest BCUT2D eigenvalue weighted by atomic mass is 127. The van der Waals surface area contributed by atoms with Crippen LogP contribution in [0.3, 0.4) is 0 Å². The molecule has 1 saturated heterocycles. The average molecular weight is 368 g/mol. The van der Waals surface area contributed by atoms with Crippen LogP contribution >= 0.6 is 24.0 Å². The van der Waals surface area contributed by atoms with Crippen molar-refractivity contribution in [2.45, 2.75) is 39.7 Å². The SMILES string of the molecule is CCC(C)NC(=NC)NCC1CCN(CC)C1.I. The standard InChI is InChI=1S/C13H28N4.HI/c1-5-11(3)16-13(14-4)15-9-12-7-8-17(6-2)10-12;/h11-12H,5-10H2,1-4H3,(H2,14,15,16);1H. The van der Waals surface area contributed by atoms with Crippen LogP contribution in [0, 0.1) is 5.92 Å². The molecule has 0 bridgehead atoms. The highest BCUT2D eigenvalue weighted by Crippen LogP contribution is 2.14. The van der Waals surface area contributed by atoms with Gasteiger partial charge in [0.25, 0.3) is 0 Å². The Kier molecular flexibility index (Phi) is 9.81. The van der Waals surface area contributed by atoms with E-state index in [0.29, 0.717) is 6.04 Å². The van der Waals surface area contributed by atoms with Crippen molar-refractivity contribution in [1.82, 2.24) is 15.5 Å². The fourth-order valence-electron chi connectivity index (χ4n) is 2.14. The number of nitrogens with one attached hydrogen (secondary N) is 2. The molecule has 108 valence electrons. The van der Waals surface area contributed by atoms with Crippen LogP contribution in [0.1, 0.15) is 33.6 Å². The van der Waals surface area contributed by atoms with Gasteiger partial charge < -0.3 is 15.5 Å². The Hall–Kier alpha value is -0.0400. The molecule has 0 amide bonds. The number of aliphatic imine (C=N–C) groups is 1. The maximum Gasteiger partial charge on any atom is 0.191 e. The van der Waals surface area contributed by atoms with Crippen LogP contribution in [0.5, 0.6) is 0 Å². The molecule has 0 saturated carbocycles. The highest BCUT2D eigenvalue weighted by molar-refractivity contribution is 14.0. The molecule has 18 heavy (non-hydrogen) atoms. The third kappa shape index (κ3) is 6.22. The Balaban J connectivity index is 0.00000289. The summed E-state index contributed by atoms with van der Waals surface area (Å²) >= 11 is 0. The van der Waals surface area contributed by atoms with Crippen LogP contribution in [-0.4, -0.2) is 50.1 Å². The van der Waals surface area contributed by atoms with Crippen molar-refractivity contribution in [1.29, 1.82) is 0 Å². The zero-order valence-electron chi connectivity index (χ0n) is 12.2. The first-order chi connectivity index (χ1) is 8.19. The number of rotatable bonds is 5. The zero-order chi connectivity index (χ0) is 12.7. The molecule has 5 heteroatoms. The van der Waals surface area contributed by atoms with E-state index in [1.165, 1.54) is 26.1 Å². The highest BCUT2D eigenvalue weighted by Gasteiger charge is 2.21. The minimum atomic E-state index is 0. The minimum absolute atomic E-state index is 0. The van der Waals surface area contributed by atoms with Crippen LogP contribution in [0.2, 0.25) is 0 Å². The van der Waals surface area contributed by atoms with E-state index in [4.69, 9.17) is 0 Å². The molecule has 0 aromatic carbocycles. The molecule has 1 heterocycles. The van der Waals surface area contributed by atoms with Crippen LogP contribution in [-0.2, 0) is 0 Å². The van der Waals surface area contributed by atoms with Crippen LogP contribution in [0.25, 0.3) is 0 Å². The Morgan fingerprint density at radius 1 is 1.44 bits per heavy atom. The molecule has 0 aliphatic carbocycles. The van der Waals surface area contributed by atoms with Crippen molar-refractivity contribution in [3.8, 4) is 0 Å².